The molecule has 2 N–H and O–H groups in total. The molecule has 1 aromatic carbocycles. The Kier molecular flexibility index (Phi) is 4.50. The van der Waals surface area contributed by atoms with E-state index in [-0.39, 0.29) is 24.4 Å². The van der Waals surface area contributed by atoms with Gasteiger partial charge in [-0.25, -0.2) is 0 Å². The summed E-state index contributed by atoms with van der Waals surface area (Å²) in [5.74, 6) is -1.34. The second kappa shape index (κ2) is 6.51. The van der Waals surface area contributed by atoms with Crippen LogP contribution in [0.5, 0.6) is 0 Å². The van der Waals surface area contributed by atoms with Crippen molar-refractivity contribution in [3.8, 4) is 0 Å². The molecule has 0 unspecified atom stereocenters. The van der Waals surface area contributed by atoms with E-state index < -0.39 is 5.97 Å². The molecule has 2 aromatic rings. The van der Waals surface area contributed by atoms with Crippen LogP contribution in [0.25, 0.3) is 0 Å². The second-order valence-corrected chi connectivity index (χ2v) is 4.38. The SMILES string of the molecule is O=C(O)CCN(C(=O)c1ccc(=O)[nH]c1)c1ccccc1. The number of nitrogens with zero attached hydrogens (tertiary/aromatic N) is 1. The van der Waals surface area contributed by atoms with Crippen LogP contribution in [-0.2, 0) is 4.79 Å². The van der Waals surface area contributed by atoms with Crippen LogP contribution < -0.4 is 10.5 Å². The summed E-state index contributed by atoms with van der Waals surface area (Å²) >= 11 is 0. The van der Waals surface area contributed by atoms with Crippen molar-refractivity contribution >= 4 is 17.6 Å². The Morgan fingerprint density at radius 1 is 1.10 bits per heavy atom. The second-order valence-electron chi connectivity index (χ2n) is 4.38. The highest BCUT2D eigenvalue weighted by atomic mass is 16.4. The van der Waals surface area contributed by atoms with Gasteiger partial charge < -0.3 is 15.0 Å². The monoisotopic (exact) mass is 286 g/mol. The van der Waals surface area contributed by atoms with Gasteiger partial charge in [0.2, 0.25) is 5.56 Å². The fraction of sp³-hybridized carbons (Fsp3) is 0.133. The predicted molar refractivity (Wildman–Crippen MR) is 77.4 cm³/mol. The van der Waals surface area contributed by atoms with Gasteiger partial charge in [-0.15, -0.1) is 0 Å². The fourth-order valence-corrected chi connectivity index (χ4v) is 1.86. The van der Waals surface area contributed by atoms with Crippen LogP contribution in [0.3, 0.4) is 0 Å². The number of hydrogen-bond acceptors (Lipinski definition) is 3. The highest BCUT2D eigenvalue weighted by molar-refractivity contribution is 6.06. The predicted octanol–water partition coefficient (Wildman–Crippen LogP) is 1.50. The number of anilines is 1. The molecule has 0 saturated carbocycles. The lowest BCUT2D eigenvalue weighted by atomic mass is 10.2. The molecule has 6 heteroatoms. The number of benzene rings is 1. The maximum Gasteiger partial charge on any atom is 0.305 e. The zero-order chi connectivity index (χ0) is 15.2. The summed E-state index contributed by atoms with van der Waals surface area (Å²) in [6.07, 6.45) is 1.16. The zero-order valence-electron chi connectivity index (χ0n) is 11.2. The van der Waals surface area contributed by atoms with Gasteiger partial charge in [0.05, 0.1) is 12.0 Å². The van der Waals surface area contributed by atoms with E-state index in [9.17, 15) is 14.4 Å². The first-order chi connectivity index (χ1) is 10.1. The number of carboxylic acid groups (broad SMARTS) is 1. The van der Waals surface area contributed by atoms with E-state index in [0.717, 1.165) is 0 Å². The molecular formula is C15H14N2O4. The number of rotatable bonds is 5. The maximum atomic E-state index is 12.5. The molecule has 2 rings (SSSR count). The van der Waals surface area contributed by atoms with Crippen LogP contribution in [0.1, 0.15) is 16.8 Å². The van der Waals surface area contributed by atoms with Crippen LogP contribution in [-0.4, -0.2) is 28.5 Å². The van der Waals surface area contributed by atoms with Crippen LogP contribution in [0.4, 0.5) is 5.69 Å². The molecule has 0 spiro atoms. The summed E-state index contributed by atoms with van der Waals surface area (Å²) in [5, 5.41) is 8.81. The number of hydrogen-bond donors (Lipinski definition) is 2. The van der Waals surface area contributed by atoms with Crippen LogP contribution in [0.2, 0.25) is 0 Å². The lowest BCUT2D eigenvalue weighted by Gasteiger charge is -2.22. The van der Waals surface area contributed by atoms with Gasteiger partial charge in [-0.2, -0.15) is 0 Å². The van der Waals surface area contributed by atoms with Crippen molar-refractivity contribution in [2.45, 2.75) is 6.42 Å². The normalized spacial score (nSPS) is 10.1. The topological polar surface area (TPSA) is 90.5 Å². The van der Waals surface area contributed by atoms with Crippen LogP contribution in [0.15, 0.2) is 53.5 Å². The Morgan fingerprint density at radius 2 is 1.81 bits per heavy atom. The van der Waals surface area contributed by atoms with E-state index >= 15 is 0 Å². The smallest absolute Gasteiger partial charge is 0.305 e. The fourth-order valence-electron chi connectivity index (χ4n) is 1.86. The van der Waals surface area contributed by atoms with Crippen molar-refractivity contribution in [1.82, 2.24) is 4.98 Å². The molecule has 0 aliphatic carbocycles. The van der Waals surface area contributed by atoms with E-state index in [2.05, 4.69) is 4.98 Å². The summed E-state index contributed by atoms with van der Waals surface area (Å²) in [4.78, 5) is 38.1. The number of carboxylic acids is 1. The standard InChI is InChI=1S/C15H14N2O4/c18-13-7-6-11(10-16-13)15(21)17(9-8-14(19)20)12-4-2-1-3-5-12/h1-7,10H,8-9H2,(H,16,18)(H,19,20). The van der Waals surface area contributed by atoms with Crippen molar-refractivity contribution < 1.29 is 14.7 Å². The van der Waals surface area contributed by atoms with Gasteiger partial charge in [0.1, 0.15) is 0 Å². The Labute approximate surface area is 120 Å². The number of carbonyl (C=O) groups is 2. The third-order valence-electron chi connectivity index (χ3n) is 2.89. The number of aromatic nitrogens is 1. The minimum atomic E-state index is -0.981. The van der Waals surface area contributed by atoms with Gasteiger partial charge in [0.15, 0.2) is 0 Å². The molecule has 0 atom stereocenters. The molecule has 0 saturated heterocycles. The van der Waals surface area contributed by atoms with E-state index in [1.165, 1.54) is 23.2 Å². The first-order valence-electron chi connectivity index (χ1n) is 6.35. The highest BCUT2D eigenvalue weighted by Crippen LogP contribution is 2.16. The molecule has 0 aliphatic rings. The summed E-state index contributed by atoms with van der Waals surface area (Å²) in [7, 11) is 0. The van der Waals surface area contributed by atoms with Gasteiger partial charge in [0.25, 0.3) is 5.91 Å². The van der Waals surface area contributed by atoms with Crippen molar-refractivity contribution in [3.63, 3.8) is 0 Å². The molecule has 1 aromatic heterocycles. The summed E-state index contributed by atoms with van der Waals surface area (Å²) < 4.78 is 0. The minimum absolute atomic E-state index is 0.0529. The molecule has 0 aliphatic heterocycles. The first kappa shape index (κ1) is 14.5. The number of amides is 1. The van der Waals surface area contributed by atoms with Gasteiger partial charge in [-0.1, -0.05) is 18.2 Å². The summed E-state index contributed by atoms with van der Waals surface area (Å²) in [5.41, 5.74) is 0.599. The molecule has 108 valence electrons. The minimum Gasteiger partial charge on any atom is -0.481 e. The highest BCUT2D eigenvalue weighted by Gasteiger charge is 2.18. The van der Waals surface area contributed by atoms with Crippen LogP contribution >= 0.6 is 0 Å². The molecule has 0 fully saturated rings. The summed E-state index contributed by atoms with van der Waals surface area (Å²) in [6.45, 7) is 0.0529. The van der Waals surface area contributed by atoms with Gasteiger partial charge in [-0.3, -0.25) is 14.4 Å². The van der Waals surface area contributed by atoms with E-state index in [1.807, 2.05) is 6.07 Å². The lowest BCUT2D eigenvalue weighted by Crippen LogP contribution is -2.33. The third kappa shape index (κ3) is 3.79. The average Bonchev–Trinajstić information content (AvgIpc) is 2.49. The van der Waals surface area contributed by atoms with Crippen molar-refractivity contribution in [1.29, 1.82) is 0 Å². The molecular weight excluding hydrogens is 272 g/mol. The van der Waals surface area contributed by atoms with Crippen LogP contribution in [0, 0.1) is 0 Å². The van der Waals surface area contributed by atoms with E-state index in [0.29, 0.717) is 11.3 Å². The number of aromatic amines is 1. The number of aliphatic carboxylic acids is 1. The molecule has 0 bridgehead atoms. The molecule has 0 radical (unpaired) electrons. The number of nitrogens with one attached hydrogen (secondary N) is 1. The average molecular weight is 286 g/mol. The molecule has 1 amide bonds. The van der Waals surface area contributed by atoms with Crippen molar-refractivity contribution in [2.75, 3.05) is 11.4 Å². The van der Waals surface area contributed by atoms with E-state index in [1.54, 1.807) is 24.3 Å². The van der Waals surface area contributed by atoms with Gasteiger partial charge in [-0.05, 0) is 18.2 Å². The number of carbonyl (C=O) groups excluding carboxylic acids is 1. The molecule has 1 heterocycles. The number of pyridine rings is 1. The third-order valence-corrected chi connectivity index (χ3v) is 2.89. The number of H-pyrrole nitrogens is 1. The van der Waals surface area contributed by atoms with Crippen molar-refractivity contribution in [3.05, 3.63) is 64.6 Å². The first-order valence-corrected chi connectivity index (χ1v) is 6.35. The number of para-hydroxylation sites is 1. The Morgan fingerprint density at radius 3 is 2.38 bits per heavy atom. The largest absolute Gasteiger partial charge is 0.481 e. The zero-order valence-corrected chi connectivity index (χ0v) is 11.2. The van der Waals surface area contributed by atoms with E-state index in [4.69, 9.17) is 5.11 Å². The Hall–Kier alpha value is -2.89. The quantitative estimate of drug-likeness (QED) is 0.871. The van der Waals surface area contributed by atoms with Crippen molar-refractivity contribution in [2.24, 2.45) is 0 Å². The lowest BCUT2D eigenvalue weighted by molar-refractivity contribution is -0.136. The maximum absolute atomic E-state index is 12.5. The molecule has 21 heavy (non-hydrogen) atoms. The Balaban J connectivity index is 2.30. The summed E-state index contributed by atoms with van der Waals surface area (Å²) in [6, 6.07) is 11.5. The molecule has 6 nitrogen and oxygen atoms in total. The van der Waals surface area contributed by atoms with Gasteiger partial charge >= 0.3 is 5.97 Å². The Bertz CT molecular complexity index is 674. The van der Waals surface area contributed by atoms with Gasteiger partial charge in [0, 0.05) is 24.5 Å².